The molecular weight excluding hydrogens is 401 g/mol. The van der Waals surface area contributed by atoms with Crippen molar-refractivity contribution in [2.24, 2.45) is 0 Å². The number of fused-ring (bicyclic) bond motifs is 1. The van der Waals surface area contributed by atoms with E-state index in [9.17, 15) is 9.50 Å². The van der Waals surface area contributed by atoms with Gasteiger partial charge in [0.1, 0.15) is 17.7 Å². The van der Waals surface area contributed by atoms with Crippen molar-refractivity contribution in [3.05, 3.63) is 72.7 Å². The third kappa shape index (κ3) is 4.03. The molecule has 5 rings (SSSR count). The predicted octanol–water partition coefficient (Wildman–Crippen LogP) is 4.57. The van der Waals surface area contributed by atoms with Crippen molar-refractivity contribution in [2.75, 3.05) is 17.2 Å². The Morgan fingerprint density at radius 2 is 1.87 bits per heavy atom. The topological polar surface area (TPSA) is 105 Å². The molecule has 4 aromatic rings. The number of benzene rings is 2. The van der Waals surface area contributed by atoms with E-state index in [1.165, 1.54) is 6.39 Å². The second-order valence-electron chi connectivity index (χ2n) is 7.00. The van der Waals surface area contributed by atoms with Gasteiger partial charge in [-0.3, -0.25) is 0 Å². The average Bonchev–Trinajstić information content (AvgIpc) is 3.32. The molecule has 1 unspecified atom stereocenters. The van der Waals surface area contributed by atoms with E-state index < -0.39 is 11.9 Å². The molecule has 2 aromatic heterocycles. The Hall–Kier alpha value is -3.98. The monoisotopic (exact) mass is 419 g/mol. The lowest BCUT2D eigenvalue weighted by Crippen LogP contribution is -2.14. The van der Waals surface area contributed by atoms with E-state index in [1.807, 2.05) is 24.3 Å². The number of aromatic nitrogens is 3. The van der Waals surface area contributed by atoms with Crippen LogP contribution < -0.4 is 15.4 Å². The number of oxazole rings is 1. The number of ether oxygens (including phenoxy) is 1. The van der Waals surface area contributed by atoms with Crippen LogP contribution >= 0.6 is 0 Å². The molecule has 0 radical (unpaired) electrons. The normalized spacial score (nSPS) is 15.1. The molecule has 0 amide bonds. The van der Waals surface area contributed by atoms with E-state index in [-0.39, 0.29) is 11.8 Å². The molecule has 3 N–H and O–H groups in total. The molecule has 1 aliphatic rings. The molecule has 8 nitrogen and oxygen atoms in total. The summed E-state index contributed by atoms with van der Waals surface area (Å²) in [4.78, 5) is 12.4. The Bertz CT molecular complexity index is 1200. The third-order valence-corrected chi connectivity index (χ3v) is 4.89. The van der Waals surface area contributed by atoms with Crippen LogP contribution in [0.2, 0.25) is 0 Å². The van der Waals surface area contributed by atoms with Gasteiger partial charge in [0.2, 0.25) is 5.95 Å². The SMILES string of the molecule is OC1CCOc2ccc(Nc3nc(Nc4ccc(-c5cocn5)cc4)ncc3F)cc21. The van der Waals surface area contributed by atoms with E-state index in [1.54, 1.807) is 24.5 Å². The molecule has 1 aliphatic heterocycles. The number of halogens is 1. The number of hydrogen-bond acceptors (Lipinski definition) is 8. The van der Waals surface area contributed by atoms with Crippen LogP contribution in [0.15, 0.2) is 65.7 Å². The maximum Gasteiger partial charge on any atom is 0.229 e. The third-order valence-electron chi connectivity index (χ3n) is 4.89. The van der Waals surface area contributed by atoms with Crippen LogP contribution in [-0.4, -0.2) is 26.7 Å². The average molecular weight is 419 g/mol. The summed E-state index contributed by atoms with van der Waals surface area (Å²) < 4.78 is 24.8. The standard InChI is InChI=1S/C22H18FN5O3/c23-17-10-24-22(27-14-3-1-13(2-4-14)18-11-30-12-25-18)28-21(17)26-15-5-6-20-16(9-15)19(29)7-8-31-20/h1-6,9-12,19,29H,7-8H2,(H2,24,26,27,28). The number of nitrogens with zero attached hydrogens (tertiary/aromatic N) is 3. The lowest BCUT2D eigenvalue weighted by atomic mass is 10.0. The van der Waals surface area contributed by atoms with E-state index in [2.05, 4.69) is 25.6 Å². The summed E-state index contributed by atoms with van der Waals surface area (Å²) >= 11 is 0. The van der Waals surface area contributed by atoms with Crippen LogP contribution in [0.5, 0.6) is 5.75 Å². The summed E-state index contributed by atoms with van der Waals surface area (Å²) in [5.41, 5.74) is 3.62. The number of aliphatic hydroxyl groups is 1. The number of hydrogen-bond donors (Lipinski definition) is 3. The number of anilines is 4. The minimum absolute atomic E-state index is 0.0166. The molecule has 2 aromatic carbocycles. The quantitative estimate of drug-likeness (QED) is 0.432. The molecule has 3 heterocycles. The lowest BCUT2D eigenvalue weighted by molar-refractivity contribution is 0.115. The maximum atomic E-state index is 14.3. The van der Waals surface area contributed by atoms with Crippen molar-refractivity contribution in [3.8, 4) is 17.0 Å². The van der Waals surface area contributed by atoms with Gasteiger partial charge in [0.15, 0.2) is 18.0 Å². The molecule has 0 aliphatic carbocycles. The minimum Gasteiger partial charge on any atom is -0.493 e. The highest BCUT2D eigenvalue weighted by Crippen LogP contribution is 2.34. The van der Waals surface area contributed by atoms with Crippen LogP contribution in [-0.2, 0) is 0 Å². The van der Waals surface area contributed by atoms with E-state index in [0.717, 1.165) is 23.1 Å². The van der Waals surface area contributed by atoms with Gasteiger partial charge in [-0.05, 0) is 30.3 Å². The first-order valence-electron chi connectivity index (χ1n) is 9.66. The Morgan fingerprint density at radius 3 is 2.68 bits per heavy atom. The smallest absolute Gasteiger partial charge is 0.229 e. The molecule has 31 heavy (non-hydrogen) atoms. The van der Waals surface area contributed by atoms with Gasteiger partial charge in [-0.2, -0.15) is 4.98 Å². The number of aliphatic hydroxyl groups excluding tert-OH is 1. The van der Waals surface area contributed by atoms with Gasteiger partial charge in [0.05, 0.1) is 18.9 Å². The van der Waals surface area contributed by atoms with Crippen LogP contribution in [0.3, 0.4) is 0 Å². The fraction of sp³-hybridized carbons (Fsp3) is 0.136. The first-order valence-corrected chi connectivity index (χ1v) is 9.66. The van der Waals surface area contributed by atoms with Gasteiger partial charge in [-0.25, -0.2) is 14.4 Å². The van der Waals surface area contributed by atoms with Crippen molar-refractivity contribution in [1.29, 1.82) is 0 Å². The molecule has 1 atom stereocenters. The Morgan fingerprint density at radius 1 is 1.03 bits per heavy atom. The second-order valence-corrected chi connectivity index (χ2v) is 7.00. The molecule has 0 saturated carbocycles. The molecular formula is C22H18FN5O3. The molecule has 0 bridgehead atoms. The minimum atomic E-state index is -0.613. The number of rotatable bonds is 5. The Kier molecular flexibility index (Phi) is 4.93. The van der Waals surface area contributed by atoms with Gasteiger partial charge in [-0.15, -0.1) is 0 Å². The summed E-state index contributed by atoms with van der Waals surface area (Å²) in [6.07, 6.45) is 3.94. The van der Waals surface area contributed by atoms with Crippen molar-refractivity contribution < 1.29 is 18.7 Å². The molecule has 0 spiro atoms. The summed E-state index contributed by atoms with van der Waals surface area (Å²) in [6.45, 7) is 0.468. The van der Waals surface area contributed by atoms with Crippen LogP contribution in [0.1, 0.15) is 18.1 Å². The van der Waals surface area contributed by atoms with Gasteiger partial charge in [-0.1, -0.05) is 12.1 Å². The van der Waals surface area contributed by atoms with Gasteiger partial charge in [0, 0.05) is 28.9 Å². The maximum absolute atomic E-state index is 14.3. The van der Waals surface area contributed by atoms with Crippen LogP contribution in [0.25, 0.3) is 11.3 Å². The molecule has 0 saturated heterocycles. The first kappa shape index (κ1) is 19.0. The van der Waals surface area contributed by atoms with Gasteiger partial charge in [0.25, 0.3) is 0 Å². The predicted molar refractivity (Wildman–Crippen MR) is 112 cm³/mol. The fourth-order valence-electron chi connectivity index (χ4n) is 3.31. The van der Waals surface area contributed by atoms with Gasteiger partial charge >= 0.3 is 0 Å². The first-order chi connectivity index (χ1) is 15.2. The van der Waals surface area contributed by atoms with Crippen molar-refractivity contribution in [3.63, 3.8) is 0 Å². The van der Waals surface area contributed by atoms with E-state index >= 15 is 0 Å². The largest absolute Gasteiger partial charge is 0.493 e. The van der Waals surface area contributed by atoms with E-state index in [0.29, 0.717) is 30.0 Å². The zero-order valence-electron chi connectivity index (χ0n) is 16.2. The van der Waals surface area contributed by atoms with E-state index in [4.69, 9.17) is 9.15 Å². The summed E-state index contributed by atoms with van der Waals surface area (Å²) in [5.74, 6) is 0.285. The summed E-state index contributed by atoms with van der Waals surface area (Å²) in [6, 6.07) is 12.7. The summed E-state index contributed by atoms with van der Waals surface area (Å²) in [5, 5.41) is 16.2. The highest BCUT2D eigenvalue weighted by atomic mass is 19.1. The second kappa shape index (κ2) is 8.04. The van der Waals surface area contributed by atoms with Crippen LogP contribution in [0, 0.1) is 5.82 Å². The fourth-order valence-corrected chi connectivity index (χ4v) is 3.31. The van der Waals surface area contributed by atoms with Crippen LogP contribution in [0.4, 0.5) is 27.5 Å². The highest BCUT2D eigenvalue weighted by molar-refractivity contribution is 5.65. The lowest BCUT2D eigenvalue weighted by Gasteiger charge is -2.22. The van der Waals surface area contributed by atoms with Crippen molar-refractivity contribution >= 4 is 23.1 Å². The molecule has 0 fully saturated rings. The molecule has 9 heteroatoms. The zero-order chi connectivity index (χ0) is 21.2. The highest BCUT2D eigenvalue weighted by Gasteiger charge is 2.20. The zero-order valence-corrected chi connectivity index (χ0v) is 16.2. The number of nitrogens with one attached hydrogen (secondary N) is 2. The van der Waals surface area contributed by atoms with Crippen molar-refractivity contribution in [2.45, 2.75) is 12.5 Å². The molecule has 156 valence electrons. The Labute approximate surface area is 176 Å². The van der Waals surface area contributed by atoms with Gasteiger partial charge < -0.3 is 24.9 Å². The Balaban J connectivity index is 1.34. The van der Waals surface area contributed by atoms with Crippen molar-refractivity contribution in [1.82, 2.24) is 15.0 Å². The summed E-state index contributed by atoms with van der Waals surface area (Å²) in [7, 11) is 0.